The Labute approximate surface area is 169 Å². The van der Waals surface area contributed by atoms with Crippen LogP contribution in [0.25, 0.3) is 0 Å². The standard InChI is InChI=1S/C23H35N3O2/c1-2-3-13-24-22(27)20-11-8-15-26(18-20)23(28)21-12-7-14-25(17-21)16-19-9-5-4-6-10-19/h4-6,9-10,20-21H,2-3,7-8,11-18H2,1H3,(H,24,27). The Morgan fingerprint density at radius 3 is 2.57 bits per heavy atom. The van der Waals surface area contributed by atoms with E-state index in [-0.39, 0.29) is 23.7 Å². The van der Waals surface area contributed by atoms with E-state index in [1.54, 1.807) is 0 Å². The Bertz CT molecular complexity index is 634. The van der Waals surface area contributed by atoms with Crippen molar-refractivity contribution in [2.45, 2.75) is 52.0 Å². The van der Waals surface area contributed by atoms with Gasteiger partial charge in [0.1, 0.15) is 0 Å². The van der Waals surface area contributed by atoms with Crippen LogP contribution in [-0.4, -0.2) is 54.3 Å². The highest BCUT2D eigenvalue weighted by molar-refractivity contribution is 5.82. The summed E-state index contributed by atoms with van der Waals surface area (Å²) in [5.74, 6) is 0.405. The van der Waals surface area contributed by atoms with Crippen molar-refractivity contribution in [2.24, 2.45) is 11.8 Å². The topological polar surface area (TPSA) is 52.7 Å². The van der Waals surface area contributed by atoms with Crippen LogP contribution in [0.15, 0.2) is 30.3 Å². The number of nitrogens with zero attached hydrogens (tertiary/aromatic N) is 2. The van der Waals surface area contributed by atoms with Crippen molar-refractivity contribution < 1.29 is 9.59 Å². The molecule has 0 spiro atoms. The molecule has 2 atom stereocenters. The minimum atomic E-state index is -0.0430. The Hall–Kier alpha value is -1.88. The van der Waals surface area contributed by atoms with Gasteiger partial charge >= 0.3 is 0 Å². The van der Waals surface area contributed by atoms with E-state index < -0.39 is 0 Å². The summed E-state index contributed by atoms with van der Waals surface area (Å²) in [7, 11) is 0. The van der Waals surface area contributed by atoms with Gasteiger partial charge in [0.15, 0.2) is 0 Å². The lowest BCUT2D eigenvalue weighted by molar-refractivity contribution is -0.141. The normalized spacial score (nSPS) is 23.4. The van der Waals surface area contributed by atoms with Crippen LogP contribution in [0, 0.1) is 11.8 Å². The number of rotatable bonds is 7. The summed E-state index contributed by atoms with van der Waals surface area (Å²) >= 11 is 0. The van der Waals surface area contributed by atoms with Gasteiger partial charge in [-0.05, 0) is 44.2 Å². The third-order valence-electron chi connectivity index (χ3n) is 6.04. The van der Waals surface area contributed by atoms with Gasteiger partial charge in [0.05, 0.1) is 11.8 Å². The fraction of sp³-hybridized carbons (Fsp3) is 0.652. The molecule has 154 valence electrons. The lowest BCUT2D eigenvalue weighted by Crippen LogP contribution is -2.50. The second-order valence-electron chi connectivity index (χ2n) is 8.33. The first kappa shape index (κ1) is 20.8. The molecule has 0 radical (unpaired) electrons. The molecule has 2 aliphatic rings. The predicted molar refractivity (Wildman–Crippen MR) is 112 cm³/mol. The SMILES string of the molecule is CCCCNC(=O)C1CCCN(C(=O)C2CCCN(Cc3ccccc3)C2)C1. The number of hydrogen-bond acceptors (Lipinski definition) is 3. The molecule has 0 aliphatic carbocycles. The van der Waals surface area contributed by atoms with Gasteiger partial charge in [-0.3, -0.25) is 14.5 Å². The lowest BCUT2D eigenvalue weighted by atomic mass is 9.92. The molecule has 5 nitrogen and oxygen atoms in total. The van der Waals surface area contributed by atoms with Gasteiger partial charge in [0.25, 0.3) is 0 Å². The van der Waals surface area contributed by atoms with E-state index in [4.69, 9.17) is 0 Å². The van der Waals surface area contributed by atoms with E-state index in [2.05, 4.69) is 41.4 Å². The first-order chi connectivity index (χ1) is 13.7. The molecule has 0 bridgehead atoms. The van der Waals surface area contributed by atoms with E-state index in [9.17, 15) is 9.59 Å². The summed E-state index contributed by atoms with van der Waals surface area (Å²) < 4.78 is 0. The van der Waals surface area contributed by atoms with E-state index in [1.807, 2.05) is 11.0 Å². The smallest absolute Gasteiger partial charge is 0.226 e. The molecule has 28 heavy (non-hydrogen) atoms. The quantitative estimate of drug-likeness (QED) is 0.734. The third kappa shape index (κ3) is 5.81. The van der Waals surface area contributed by atoms with Crippen molar-refractivity contribution in [3.05, 3.63) is 35.9 Å². The first-order valence-electron chi connectivity index (χ1n) is 11.0. The molecule has 2 amide bonds. The van der Waals surface area contributed by atoms with Crippen LogP contribution in [0.5, 0.6) is 0 Å². The molecule has 2 saturated heterocycles. The zero-order valence-corrected chi connectivity index (χ0v) is 17.2. The number of likely N-dealkylation sites (tertiary alicyclic amines) is 2. The van der Waals surface area contributed by atoms with E-state index in [0.29, 0.717) is 6.54 Å². The lowest BCUT2D eigenvalue weighted by Gasteiger charge is -2.38. The molecule has 3 rings (SSSR count). The molecular weight excluding hydrogens is 350 g/mol. The van der Waals surface area contributed by atoms with Gasteiger partial charge in [-0.1, -0.05) is 43.7 Å². The Morgan fingerprint density at radius 2 is 1.79 bits per heavy atom. The zero-order chi connectivity index (χ0) is 19.8. The number of carbonyl (C=O) groups excluding carboxylic acids is 2. The van der Waals surface area contributed by atoms with Gasteiger partial charge in [0.2, 0.25) is 11.8 Å². The molecule has 0 aromatic heterocycles. The van der Waals surface area contributed by atoms with Crippen LogP contribution in [0.3, 0.4) is 0 Å². The Kier molecular flexibility index (Phi) is 7.90. The Morgan fingerprint density at radius 1 is 1.04 bits per heavy atom. The summed E-state index contributed by atoms with van der Waals surface area (Å²) in [5, 5.41) is 3.04. The summed E-state index contributed by atoms with van der Waals surface area (Å²) in [5.41, 5.74) is 1.30. The van der Waals surface area contributed by atoms with Gasteiger partial charge in [-0.2, -0.15) is 0 Å². The van der Waals surface area contributed by atoms with Crippen molar-refractivity contribution in [2.75, 3.05) is 32.7 Å². The maximum atomic E-state index is 13.1. The Balaban J connectivity index is 1.51. The van der Waals surface area contributed by atoms with Crippen molar-refractivity contribution in [1.82, 2.24) is 15.1 Å². The van der Waals surface area contributed by atoms with Crippen LogP contribution < -0.4 is 5.32 Å². The van der Waals surface area contributed by atoms with Gasteiger partial charge in [0, 0.05) is 32.7 Å². The minimum absolute atomic E-state index is 0.0430. The van der Waals surface area contributed by atoms with Crippen molar-refractivity contribution in [3.8, 4) is 0 Å². The number of nitrogens with one attached hydrogen (secondary N) is 1. The molecular formula is C23H35N3O2. The molecule has 2 heterocycles. The second-order valence-corrected chi connectivity index (χ2v) is 8.33. The summed E-state index contributed by atoms with van der Waals surface area (Å²) in [6.07, 6.45) is 5.95. The van der Waals surface area contributed by atoms with Crippen molar-refractivity contribution in [3.63, 3.8) is 0 Å². The van der Waals surface area contributed by atoms with Gasteiger partial charge < -0.3 is 10.2 Å². The minimum Gasteiger partial charge on any atom is -0.356 e. The molecule has 2 aliphatic heterocycles. The zero-order valence-electron chi connectivity index (χ0n) is 17.2. The molecule has 5 heteroatoms. The van der Waals surface area contributed by atoms with E-state index >= 15 is 0 Å². The fourth-order valence-electron chi connectivity index (χ4n) is 4.42. The number of unbranched alkanes of at least 4 members (excludes halogenated alkanes) is 1. The van der Waals surface area contributed by atoms with Crippen LogP contribution in [0.1, 0.15) is 51.0 Å². The van der Waals surface area contributed by atoms with Crippen LogP contribution >= 0.6 is 0 Å². The number of benzene rings is 1. The molecule has 1 aromatic carbocycles. The highest BCUT2D eigenvalue weighted by Crippen LogP contribution is 2.24. The molecule has 1 N–H and O–H groups in total. The van der Waals surface area contributed by atoms with E-state index in [0.717, 1.165) is 71.2 Å². The largest absolute Gasteiger partial charge is 0.356 e. The van der Waals surface area contributed by atoms with Crippen molar-refractivity contribution >= 4 is 11.8 Å². The second kappa shape index (κ2) is 10.6. The third-order valence-corrected chi connectivity index (χ3v) is 6.04. The number of hydrogen-bond donors (Lipinski definition) is 1. The molecule has 2 unspecified atom stereocenters. The molecule has 0 saturated carbocycles. The van der Waals surface area contributed by atoms with Crippen molar-refractivity contribution in [1.29, 1.82) is 0 Å². The highest BCUT2D eigenvalue weighted by Gasteiger charge is 2.33. The van der Waals surface area contributed by atoms with E-state index in [1.165, 1.54) is 5.56 Å². The summed E-state index contributed by atoms with van der Waals surface area (Å²) in [4.78, 5) is 29.9. The van der Waals surface area contributed by atoms with Crippen LogP contribution in [0.4, 0.5) is 0 Å². The maximum Gasteiger partial charge on any atom is 0.226 e. The van der Waals surface area contributed by atoms with Crippen LogP contribution in [-0.2, 0) is 16.1 Å². The molecule has 1 aromatic rings. The predicted octanol–water partition coefficient (Wildman–Crippen LogP) is 3.05. The number of amides is 2. The van der Waals surface area contributed by atoms with Gasteiger partial charge in [-0.25, -0.2) is 0 Å². The van der Waals surface area contributed by atoms with Gasteiger partial charge in [-0.15, -0.1) is 0 Å². The number of piperidine rings is 2. The maximum absolute atomic E-state index is 13.1. The summed E-state index contributed by atoms with van der Waals surface area (Å²) in [6.45, 7) is 7.06. The average molecular weight is 386 g/mol. The number of carbonyl (C=O) groups is 2. The monoisotopic (exact) mass is 385 g/mol. The highest BCUT2D eigenvalue weighted by atomic mass is 16.2. The molecule has 2 fully saturated rings. The first-order valence-corrected chi connectivity index (χ1v) is 11.0. The fourth-order valence-corrected chi connectivity index (χ4v) is 4.42. The summed E-state index contributed by atoms with van der Waals surface area (Å²) in [6, 6.07) is 10.5. The van der Waals surface area contributed by atoms with Crippen LogP contribution in [0.2, 0.25) is 0 Å². The average Bonchev–Trinajstić information content (AvgIpc) is 2.74.